The smallest absolute Gasteiger partial charge is 0.321 e. The zero-order valence-electron chi connectivity index (χ0n) is 7.07. The summed E-state index contributed by atoms with van der Waals surface area (Å²) >= 11 is 0. The molecule has 0 saturated heterocycles. The van der Waals surface area contributed by atoms with Gasteiger partial charge >= 0.3 is 12.0 Å². The Balaban J connectivity index is 2.15. The summed E-state index contributed by atoms with van der Waals surface area (Å²) < 4.78 is 17.4. The third-order valence-electron chi connectivity index (χ3n) is 1.54. The van der Waals surface area contributed by atoms with Gasteiger partial charge in [0, 0.05) is 5.69 Å². The van der Waals surface area contributed by atoms with Gasteiger partial charge in [0.1, 0.15) is 5.82 Å². The van der Waals surface area contributed by atoms with E-state index >= 15 is 0 Å². The molecule has 0 spiro atoms. The van der Waals surface area contributed by atoms with Crippen molar-refractivity contribution >= 4 is 17.7 Å². The highest BCUT2D eigenvalue weighted by atomic mass is 19.1. The molecular formula is C8H7FN4O. The number of aromatic nitrogens is 2. The summed E-state index contributed by atoms with van der Waals surface area (Å²) in [5.41, 5.74) is 5.86. The highest BCUT2D eigenvalue weighted by Crippen LogP contribution is 2.15. The molecule has 0 saturated carbocycles. The number of hydrogen-bond donors (Lipinski definition) is 2. The van der Waals surface area contributed by atoms with Crippen LogP contribution in [0.1, 0.15) is 0 Å². The molecule has 0 amide bonds. The highest BCUT2D eigenvalue weighted by molar-refractivity contribution is 5.51. The van der Waals surface area contributed by atoms with Gasteiger partial charge in [0.25, 0.3) is 0 Å². The average Bonchev–Trinajstić information content (AvgIpc) is 2.56. The summed E-state index contributed by atoms with van der Waals surface area (Å²) in [6.45, 7) is 0. The molecular weight excluding hydrogens is 187 g/mol. The molecule has 3 N–H and O–H groups in total. The number of nitrogens with two attached hydrogens (primary N) is 1. The molecule has 6 heteroatoms. The molecule has 1 aromatic carbocycles. The predicted molar refractivity (Wildman–Crippen MR) is 48.4 cm³/mol. The molecule has 0 aliphatic rings. The fourth-order valence-corrected chi connectivity index (χ4v) is 0.942. The van der Waals surface area contributed by atoms with Crippen molar-refractivity contribution in [3.8, 4) is 0 Å². The number of rotatable bonds is 2. The van der Waals surface area contributed by atoms with E-state index in [-0.39, 0.29) is 17.8 Å². The zero-order chi connectivity index (χ0) is 9.97. The van der Waals surface area contributed by atoms with Crippen molar-refractivity contribution in [1.29, 1.82) is 0 Å². The highest BCUT2D eigenvalue weighted by Gasteiger charge is 2.02. The quantitative estimate of drug-likeness (QED) is 0.758. The van der Waals surface area contributed by atoms with E-state index in [9.17, 15) is 4.39 Å². The molecule has 1 heterocycles. The summed E-state index contributed by atoms with van der Waals surface area (Å²) in [5, 5.41) is 9.81. The van der Waals surface area contributed by atoms with E-state index in [1.54, 1.807) is 12.1 Å². The summed E-state index contributed by atoms with van der Waals surface area (Å²) in [4.78, 5) is 0. The molecule has 72 valence electrons. The first-order valence-corrected chi connectivity index (χ1v) is 3.85. The predicted octanol–water partition coefficient (Wildman–Crippen LogP) is 1.53. The van der Waals surface area contributed by atoms with E-state index in [0.717, 1.165) is 0 Å². The summed E-state index contributed by atoms with van der Waals surface area (Å²) in [6, 6.07) is 5.90. The molecule has 0 atom stereocenters. The Bertz CT molecular complexity index is 425. The van der Waals surface area contributed by atoms with Gasteiger partial charge in [-0.2, -0.15) is 0 Å². The average molecular weight is 194 g/mol. The van der Waals surface area contributed by atoms with E-state index in [1.165, 1.54) is 12.1 Å². The van der Waals surface area contributed by atoms with Gasteiger partial charge in [-0.25, -0.2) is 4.39 Å². The molecule has 0 fully saturated rings. The Morgan fingerprint density at radius 2 is 1.93 bits per heavy atom. The van der Waals surface area contributed by atoms with Crippen molar-refractivity contribution in [3.05, 3.63) is 30.1 Å². The number of benzene rings is 1. The molecule has 14 heavy (non-hydrogen) atoms. The van der Waals surface area contributed by atoms with E-state index in [4.69, 9.17) is 10.2 Å². The first-order chi connectivity index (χ1) is 6.74. The van der Waals surface area contributed by atoms with Crippen molar-refractivity contribution in [2.24, 2.45) is 0 Å². The van der Waals surface area contributed by atoms with E-state index in [0.29, 0.717) is 5.69 Å². The second kappa shape index (κ2) is 3.33. The Morgan fingerprint density at radius 1 is 1.21 bits per heavy atom. The van der Waals surface area contributed by atoms with Crippen LogP contribution < -0.4 is 11.1 Å². The van der Waals surface area contributed by atoms with Gasteiger partial charge in [0.15, 0.2) is 0 Å². The maximum absolute atomic E-state index is 12.5. The van der Waals surface area contributed by atoms with Crippen LogP contribution in [0.4, 0.5) is 22.1 Å². The van der Waals surface area contributed by atoms with Crippen LogP contribution in [0.15, 0.2) is 28.7 Å². The minimum Gasteiger partial charge on any atom is -0.389 e. The molecule has 0 radical (unpaired) electrons. The lowest BCUT2D eigenvalue weighted by Crippen LogP contribution is -1.90. The van der Waals surface area contributed by atoms with Crippen molar-refractivity contribution in [2.75, 3.05) is 11.1 Å². The molecule has 2 aromatic rings. The van der Waals surface area contributed by atoms with Crippen LogP contribution in [0.5, 0.6) is 0 Å². The lowest BCUT2D eigenvalue weighted by Gasteiger charge is -1.99. The largest absolute Gasteiger partial charge is 0.389 e. The van der Waals surface area contributed by atoms with Crippen LogP contribution >= 0.6 is 0 Å². The van der Waals surface area contributed by atoms with Crippen LogP contribution in [-0.4, -0.2) is 10.2 Å². The zero-order valence-corrected chi connectivity index (χ0v) is 7.07. The maximum atomic E-state index is 12.5. The Labute approximate surface area is 78.7 Å². The molecule has 0 aliphatic carbocycles. The first kappa shape index (κ1) is 8.49. The summed E-state index contributed by atoms with van der Waals surface area (Å²) in [5.74, 6) is -0.305. The van der Waals surface area contributed by atoms with Gasteiger partial charge in [-0.15, -0.1) is 0 Å². The van der Waals surface area contributed by atoms with Gasteiger partial charge < -0.3 is 15.5 Å². The standard InChI is InChI=1S/C8H7FN4O/c9-5-1-3-6(4-2-5)11-8-13-12-7(10)14-8/h1-4H,(H2,10,12)(H,11,13). The lowest BCUT2D eigenvalue weighted by atomic mass is 10.3. The minimum atomic E-state index is -0.305. The van der Waals surface area contributed by atoms with Crippen molar-refractivity contribution in [1.82, 2.24) is 10.2 Å². The van der Waals surface area contributed by atoms with Crippen LogP contribution in [-0.2, 0) is 0 Å². The summed E-state index contributed by atoms with van der Waals surface area (Å²) in [6.07, 6.45) is 0. The first-order valence-electron chi connectivity index (χ1n) is 3.85. The van der Waals surface area contributed by atoms with Crippen LogP contribution in [0.25, 0.3) is 0 Å². The van der Waals surface area contributed by atoms with Crippen molar-refractivity contribution in [3.63, 3.8) is 0 Å². The molecule has 0 aliphatic heterocycles. The fraction of sp³-hybridized carbons (Fsp3) is 0. The lowest BCUT2D eigenvalue weighted by molar-refractivity contribution is 0.593. The monoisotopic (exact) mass is 194 g/mol. The number of hydrogen-bond acceptors (Lipinski definition) is 5. The Hall–Kier alpha value is -2.11. The molecule has 0 bridgehead atoms. The van der Waals surface area contributed by atoms with Crippen LogP contribution in [0.3, 0.4) is 0 Å². The molecule has 0 unspecified atom stereocenters. The number of nitrogens with one attached hydrogen (secondary N) is 1. The third-order valence-corrected chi connectivity index (χ3v) is 1.54. The van der Waals surface area contributed by atoms with Crippen LogP contribution in [0.2, 0.25) is 0 Å². The van der Waals surface area contributed by atoms with E-state index in [1.807, 2.05) is 0 Å². The third kappa shape index (κ3) is 1.79. The van der Waals surface area contributed by atoms with E-state index in [2.05, 4.69) is 15.5 Å². The SMILES string of the molecule is Nc1nnc(Nc2ccc(F)cc2)o1. The number of halogens is 1. The second-order valence-corrected chi connectivity index (χ2v) is 2.58. The minimum absolute atomic E-state index is 0.0189. The molecule has 2 rings (SSSR count). The Morgan fingerprint density at radius 3 is 2.50 bits per heavy atom. The maximum Gasteiger partial charge on any atom is 0.321 e. The van der Waals surface area contributed by atoms with Gasteiger partial charge in [-0.1, -0.05) is 10.2 Å². The number of nitrogens with zero attached hydrogens (tertiary/aromatic N) is 2. The summed E-state index contributed by atoms with van der Waals surface area (Å²) in [7, 11) is 0. The topological polar surface area (TPSA) is 77.0 Å². The van der Waals surface area contributed by atoms with Gasteiger partial charge in [-0.3, -0.25) is 0 Å². The fourth-order valence-electron chi connectivity index (χ4n) is 0.942. The second-order valence-electron chi connectivity index (χ2n) is 2.58. The number of nitrogen functional groups attached to an aromatic ring is 1. The normalized spacial score (nSPS) is 10.1. The Kier molecular flexibility index (Phi) is 2.02. The van der Waals surface area contributed by atoms with Gasteiger partial charge in [0.05, 0.1) is 0 Å². The molecule has 1 aromatic heterocycles. The van der Waals surface area contributed by atoms with Gasteiger partial charge in [-0.05, 0) is 24.3 Å². The van der Waals surface area contributed by atoms with Gasteiger partial charge in [0.2, 0.25) is 0 Å². The van der Waals surface area contributed by atoms with Crippen molar-refractivity contribution in [2.45, 2.75) is 0 Å². The molecule has 5 nitrogen and oxygen atoms in total. The van der Waals surface area contributed by atoms with Crippen molar-refractivity contribution < 1.29 is 8.81 Å². The van der Waals surface area contributed by atoms with E-state index < -0.39 is 0 Å². The number of anilines is 3. The van der Waals surface area contributed by atoms with Crippen LogP contribution in [0, 0.1) is 5.82 Å².